The molecule has 1 aromatic heterocycles. The normalized spacial score (nSPS) is 10.4. The lowest BCUT2D eigenvalue weighted by Gasteiger charge is -2.04. The fourth-order valence-corrected chi connectivity index (χ4v) is 1.65. The highest BCUT2D eigenvalue weighted by atomic mass is 16.5. The van der Waals surface area contributed by atoms with E-state index in [9.17, 15) is 0 Å². The highest BCUT2D eigenvalue weighted by Crippen LogP contribution is 2.11. The molecule has 1 N–H and O–H groups in total. The molecule has 0 aliphatic rings. The number of furan rings is 1. The number of methoxy groups -OCH3 is 1. The molecule has 17 heavy (non-hydrogen) atoms. The molecule has 3 nitrogen and oxygen atoms in total. The van der Waals surface area contributed by atoms with Gasteiger partial charge in [0.1, 0.15) is 11.5 Å². The fraction of sp³-hybridized carbons (Fsp3) is 0.286. The Bertz CT molecular complexity index is 420. The molecule has 3 heteroatoms. The van der Waals surface area contributed by atoms with Crippen molar-refractivity contribution >= 4 is 0 Å². The van der Waals surface area contributed by atoms with Crippen LogP contribution in [0.1, 0.15) is 11.3 Å². The third kappa shape index (κ3) is 3.64. The summed E-state index contributed by atoms with van der Waals surface area (Å²) in [5.41, 5.74) is 1.30. The summed E-state index contributed by atoms with van der Waals surface area (Å²) in [7, 11) is 1.68. The average molecular weight is 231 g/mol. The Labute approximate surface area is 101 Å². The molecule has 0 unspecified atom stereocenters. The van der Waals surface area contributed by atoms with Gasteiger partial charge in [-0.2, -0.15) is 0 Å². The number of hydrogen-bond donors (Lipinski definition) is 1. The summed E-state index contributed by atoms with van der Waals surface area (Å²) in [6.45, 7) is 1.72. The van der Waals surface area contributed by atoms with Crippen LogP contribution in [0.2, 0.25) is 0 Å². The van der Waals surface area contributed by atoms with Crippen molar-refractivity contribution in [1.29, 1.82) is 0 Å². The Morgan fingerprint density at radius 2 is 2.00 bits per heavy atom. The van der Waals surface area contributed by atoms with Crippen molar-refractivity contribution in [2.75, 3.05) is 13.7 Å². The van der Waals surface area contributed by atoms with E-state index in [0.717, 1.165) is 31.0 Å². The molecule has 0 bridgehead atoms. The summed E-state index contributed by atoms with van der Waals surface area (Å²) >= 11 is 0. The molecule has 0 aliphatic heterocycles. The second-order valence-electron chi connectivity index (χ2n) is 3.85. The molecule has 0 amide bonds. The number of nitrogens with one attached hydrogen (secondary N) is 1. The quantitative estimate of drug-likeness (QED) is 0.776. The van der Waals surface area contributed by atoms with Gasteiger partial charge in [-0.1, -0.05) is 12.1 Å². The van der Waals surface area contributed by atoms with E-state index in [-0.39, 0.29) is 0 Å². The lowest BCUT2D eigenvalue weighted by atomic mass is 10.1. The highest BCUT2D eigenvalue weighted by Gasteiger charge is 1.96. The van der Waals surface area contributed by atoms with E-state index >= 15 is 0 Å². The Hall–Kier alpha value is -1.74. The summed E-state index contributed by atoms with van der Waals surface area (Å²) in [5, 5.41) is 3.34. The molecule has 0 fully saturated rings. The van der Waals surface area contributed by atoms with Crippen LogP contribution in [0.4, 0.5) is 0 Å². The van der Waals surface area contributed by atoms with Crippen molar-refractivity contribution in [1.82, 2.24) is 5.32 Å². The maximum absolute atomic E-state index is 5.24. The average Bonchev–Trinajstić information content (AvgIpc) is 2.88. The Morgan fingerprint density at radius 3 is 2.65 bits per heavy atom. The molecule has 0 aliphatic carbocycles. The second kappa shape index (κ2) is 6.11. The highest BCUT2D eigenvalue weighted by molar-refractivity contribution is 5.27. The van der Waals surface area contributed by atoms with Gasteiger partial charge in [0.2, 0.25) is 0 Å². The van der Waals surface area contributed by atoms with Crippen molar-refractivity contribution in [3.8, 4) is 5.75 Å². The molecular weight excluding hydrogens is 214 g/mol. The van der Waals surface area contributed by atoms with Crippen LogP contribution in [0.3, 0.4) is 0 Å². The molecule has 0 radical (unpaired) electrons. The summed E-state index contributed by atoms with van der Waals surface area (Å²) in [5.74, 6) is 1.87. The zero-order valence-corrected chi connectivity index (χ0v) is 9.98. The molecule has 0 atom stereocenters. The second-order valence-corrected chi connectivity index (χ2v) is 3.85. The predicted molar refractivity (Wildman–Crippen MR) is 67.1 cm³/mol. The van der Waals surface area contributed by atoms with Gasteiger partial charge in [-0.3, -0.25) is 0 Å². The first-order chi connectivity index (χ1) is 8.38. The molecule has 0 spiro atoms. The first-order valence-corrected chi connectivity index (χ1v) is 5.74. The van der Waals surface area contributed by atoms with E-state index in [2.05, 4.69) is 17.4 Å². The number of benzene rings is 1. The lowest BCUT2D eigenvalue weighted by Crippen LogP contribution is -2.16. The number of hydrogen-bond acceptors (Lipinski definition) is 3. The summed E-state index contributed by atoms with van der Waals surface area (Å²) in [6, 6.07) is 12.0. The van der Waals surface area contributed by atoms with Crippen LogP contribution in [0.25, 0.3) is 0 Å². The van der Waals surface area contributed by atoms with E-state index in [1.165, 1.54) is 5.56 Å². The molecule has 1 aromatic carbocycles. The Balaban J connectivity index is 1.70. The number of ether oxygens (including phenoxy) is 1. The van der Waals surface area contributed by atoms with Gasteiger partial charge in [-0.15, -0.1) is 0 Å². The smallest absolute Gasteiger partial charge is 0.118 e. The molecule has 1 heterocycles. The maximum Gasteiger partial charge on any atom is 0.118 e. The lowest BCUT2D eigenvalue weighted by molar-refractivity contribution is 0.414. The van der Waals surface area contributed by atoms with Gasteiger partial charge in [-0.25, -0.2) is 0 Å². The topological polar surface area (TPSA) is 34.4 Å². The predicted octanol–water partition coefficient (Wildman–Crippen LogP) is 2.62. The van der Waals surface area contributed by atoms with E-state index in [0.29, 0.717) is 0 Å². The van der Waals surface area contributed by atoms with Crippen molar-refractivity contribution in [2.24, 2.45) is 0 Å². The largest absolute Gasteiger partial charge is 0.497 e. The summed E-state index contributed by atoms with van der Waals surface area (Å²) in [6.07, 6.45) is 2.70. The molecule has 2 aromatic rings. The first-order valence-electron chi connectivity index (χ1n) is 5.74. The van der Waals surface area contributed by atoms with Crippen molar-refractivity contribution in [2.45, 2.75) is 13.0 Å². The van der Waals surface area contributed by atoms with Gasteiger partial charge in [0.05, 0.1) is 19.9 Å². The minimum atomic E-state index is 0.781. The molecule has 90 valence electrons. The van der Waals surface area contributed by atoms with Gasteiger partial charge in [0, 0.05) is 0 Å². The maximum atomic E-state index is 5.24. The SMILES string of the molecule is COc1ccc(CCNCc2ccco2)cc1. The fourth-order valence-electron chi connectivity index (χ4n) is 1.65. The summed E-state index contributed by atoms with van der Waals surface area (Å²) < 4.78 is 10.4. The number of rotatable bonds is 6. The van der Waals surface area contributed by atoms with Gasteiger partial charge < -0.3 is 14.5 Å². The molecule has 2 rings (SSSR count). The third-order valence-corrected chi connectivity index (χ3v) is 2.63. The van der Waals surface area contributed by atoms with Crippen LogP contribution in [0, 0.1) is 0 Å². The van der Waals surface area contributed by atoms with Gasteiger partial charge in [0.15, 0.2) is 0 Å². The molecular formula is C14H17NO2. The van der Waals surface area contributed by atoms with Gasteiger partial charge >= 0.3 is 0 Å². The van der Waals surface area contributed by atoms with Crippen molar-refractivity contribution in [3.63, 3.8) is 0 Å². The van der Waals surface area contributed by atoms with Crippen LogP contribution >= 0.6 is 0 Å². The zero-order chi connectivity index (χ0) is 11.9. The monoisotopic (exact) mass is 231 g/mol. The van der Waals surface area contributed by atoms with Crippen LogP contribution in [0.5, 0.6) is 5.75 Å². The van der Waals surface area contributed by atoms with Crippen molar-refractivity contribution < 1.29 is 9.15 Å². The van der Waals surface area contributed by atoms with E-state index in [4.69, 9.17) is 9.15 Å². The van der Waals surface area contributed by atoms with E-state index in [1.54, 1.807) is 13.4 Å². The standard InChI is InChI=1S/C14H17NO2/c1-16-13-6-4-12(5-7-13)8-9-15-11-14-3-2-10-17-14/h2-7,10,15H,8-9,11H2,1H3. The Kier molecular flexibility index (Phi) is 4.22. The van der Waals surface area contributed by atoms with Crippen LogP contribution in [0.15, 0.2) is 47.1 Å². The summed E-state index contributed by atoms with van der Waals surface area (Å²) in [4.78, 5) is 0. The van der Waals surface area contributed by atoms with Crippen molar-refractivity contribution in [3.05, 3.63) is 54.0 Å². The third-order valence-electron chi connectivity index (χ3n) is 2.63. The zero-order valence-electron chi connectivity index (χ0n) is 9.98. The van der Waals surface area contributed by atoms with Gasteiger partial charge in [-0.05, 0) is 42.8 Å². The molecule has 0 saturated carbocycles. The van der Waals surface area contributed by atoms with E-state index < -0.39 is 0 Å². The first kappa shape index (κ1) is 11.7. The van der Waals surface area contributed by atoms with Crippen LogP contribution < -0.4 is 10.1 Å². The minimum absolute atomic E-state index is 0.781. The molecule has 0 saturated heterocycles. The van der Waals surface area contributed by atoms with Gasteiger partial charge in [0.25, 0.3) is 0 Å². The van der Waals surface area contributed by atoms with E-state index in [1.807, 2.05) is 24.3 Å². The van der Waals surface area contributed by atoms with Crippen LogP contribution in [-0.4, -0.2) is 13.7 Å². The minimum Gasteiger partial charge on any atom is -0.497 e. The van der Waals surface area contributed by atoms with Crippen LogP contribution in [-0.2, 0) is 13.0 Å². The Morgan fingerprint density at radius 1 is 1.18 bits per heavy atom.